The molecule has 1 heteroatoms. The number of likely N-dealkylation sites (tertiary alicyclic amines) is 1. The Labute approximate surface area is 70.8 Å². The molecule has 0 aliphatic carbocycles. The second-order valence-corrected chi connectivity index (χ2v) is 4.86. The molecule has 0 N–H and O–H groups in total. The lowest BCUT2D eigenvalue weighted by Crippen LogP contribution is -2.46. The molecule has 0 aromatic carbocycles. The van der Waals surface area contributed by atoms with E-state index in [2.05, 4.69) is 32.6 Å². The van der Waals surface area contributed by atoms with Gasteiger partial charge in [0.1, 0.15) is 0 Å². The van der Waals surface area contributed by atoms with Crippen molar-refractivity contribution in [3.63, 3.8) is 0 Å². The van der Waals surface area contributed by atoms with Crippen molar-refractivity contribution in [1.82, 2.24) is 4.90 Å². The highest BCUT2D eigenvalue weighted by atomic mass is 15.2. The fraction of sp³-hybridized carbons (Fsp3) is 1.00. The molecule has 0 aromatic rings. The van der Waals surface area contributed by atoms with E-state index in [-0.39, 0.29) is 0 Å². The van der Waals surface area contributed by atoms with E-state index in [0.717, 1.165) is 5.92 Å². The van der Waals surface area contributed by atoms with Crippen LogP contribution < -0.4 is 0 Å². The van der Waals surface area contributed by atoms with Gasteiger partial charge < -0.3 is 0 Å². The van der Waals surface area contributed by atoms with Crippen molar-refractivity contribution in [1.29, 1.82) is 0 Å². The van der Waals surface area contributed by atoms with Gasteiger partial charge in [0.25, 0.3) is 0 Å². The topological polar surface area (TPSA) is 3.24 Å². The Balaban J connectivity index is 2.46. The average Bonchev–Trinajstić information content (AvgIpc) is 1.86. The summed E-state index contributed by atoms with van der Waals surface area (Å²) in [5.74, 6) is 0.906. The molecule has 0 spiro atoms. The first-order chi connectivity index (χ1) is 5.00. The van der Waals surface area contributed by atoms with Gasteiger partial charge in [0.05, 0.1) is 0 Å². The Morgan fingerprint density at radius 1 is 1.27 bits per heavy atom. The van der Waals surface area contributed by atoms with Crippen molar-refractivity contribution in [2.75, 3.05) is 13.1 Å². The van der Waals surface area contributed by atoms with Gasteiger partial charge in [0.2, 0.25) is 0 Å². The predicted octanol–water partition coefficient (Wildman–Crippen LogP) is 2.52. The molecule has 1 atom stereocenters. The first kappa shape index (κ1) is 9.05. The van der Waals surface area contributed by atoms with Crippen molar-refractivity contribution >= 4 is 0 Å². The molecule has 0 bridgehead atoms. The first-order valence-corrected chi connectivity index (χ1v) is 4.75. The second-order valence-electron chi connectivity index (χ2n) is 4.86. The molecule has 66 valence electrons. The lowest BCUT2D eigenvalue weighted by Gasteiger charge is -2.40. The van der Waals surface area contributed by atoms with Crippen LogP contribution in [0.15, 0.2) is 0 Å². The lowest BCUT2D eigenvalue weighted by molar-refractivity contribution is 0.0843. The van der Waals surface area contributed by atoms with Gasteiger partial charge in [-0.1, -0.05) is 6.92 Å². The molecule has 0 saturated carbocycles. The highest BCUT2D eigenvalue weighted by Gasteiger charge is 2.25. The molecule has 1 nitrogen and oxygen atoms in total. The van der Waals surface area contributed by atoms with Crippen LogP contribution in [0.4, 0.5) is 0 Å². The van der Waals surface area contributed by atoms with E-state index in [4.69, 9.17) is 0 Å². The Bertz CT molecular complexity index is 123. The van der Waals surface area contributed by atoms with Gasteiger partial charge in [0.15, 0.2) is 0 Å². The van der Waals surface area contributed by atoms with Crippen LogP contribution in [0.3, 0.4) is 0 Å². The summed E-state index contributed by atoms with van der Waals surface area (Å²) in [7, 11) is 0. The van der Waals surface area contributed by atoms with Gasteiger partial charge in [0, 0.05) is 12.1 Å². The van der Waals surface area contributed by atoms with Crippen molar-refractivity contribution in [3.8, 4) is 0 Å². The van der Waals surface area contributed by atoms with E-state index in [1.54, 1.807) is 0 Å². The maximum atomic E-state index is 2.60. The van der Waals surface area contributed by atoms with Crippen LogP contribution in [-0.4, -0.2) is 23.5 Å². The minimum atomic E-state index is 0.384. The Hall–Kier alpha value is -0.0400. The van der Waals surface area contributed by atoms with Gasteiger partial charge in [-0.15, -0.1) is 0 Å². The summed E-state index contributed by atoms with van der Waals surface area (Å²) < 4.78 is 0. The first-order valence-electron chi connectivity index (χ1n) is 4.75. The zero-order valence-corrected chi connectivity index (χ0v) is 8.35. The van der Waals surface area contributed by atoms with Crippen molar-refractivity contribution in [3.05, 3.63) is 0 Å². The van der Waals surface area contributed by atoms with E-state index in [9.17, 15) is 0 Å². The molecular formula is C10H21N. The number of piperidine rings is 1. The smallest absolute Gasteiger partial charge is 0.0125 e. The molecule has 1 aliphatic heterocycles. The van der Waals surface area contributed by atoms with Gasteiger partial charge in [-0.25, -0.2) is 0 Å². The summed E-state index contributed by atoms with van der Waals surface area (Å²) in [5, 5.41) is 0. The van der Waals surface area contributed by atoms with Gasteiger partial charge in [-0.3, -0.25) is 4.90 Å². The van der Waals surface area contributed by atoms with Gasteiger partial charge >= 0.3 is 0 Å². The Morgan fingerprint density at radius 2 is 1.91 bits per heavy atom. The normalized spacial score (nSPS) is 28.9. The Kier molecular flexibility index (Phi) is 2.58. The highest BCUT2D eigenvalue weighted by molar-refractivity contribution is 4.80. The van der Waals surface area contributed by atoms with Crippen molar-refractivity contribution in [2.24, 2.45) is 5.92 Å². The molecule has 1 saturated heterocycles. The maximum absolute atomic E-state index is 2.60. The lowest BCUT2D eigenvalue weighted by atomic mass is 9.95. The van der Waals surface area contributed by atoms with Crippen LogP contribution in [0.5, 0.6) is 0 Å². The molecule has 1 aliphatic rings. The molecule has 0 unspecified atom stereocenters. The summed E-state index contributed by atoms with van der Waals surface area (Å²) >= 11 is 0. The quantitative estimate of drug-likeness (QED) is 0.519. The molecule has 1 fully saturated rings. The van der Waals surface area contributed by atoms with Crippen molar-refractivity contribution < 1.29 is 0 Å². The molecule has 11 heavy (non-hydrogen) atoms. The van der Waals surface area contributed by atoms with E-state index in [1.807, 2.05) is 0 Å². The third-order valence-electron chi connectivity index (χ3n) is 2.61. The monoisotopic (exact) mass is 155 g/mol. The standard InChI is InChI=1S/C10H21N/c1-9-6-5-7-11(8-9)10(2,3)4/h9H,5-8H2,1-4H3/t9-/m0/s1. The summed E-state index contributed by atoms with van der Waals surface area (Å²) in [5.41, 5.74) is 0.384. The summed E-state index contributed by atoms with van der Waals surface area (Å²) in [4.78, 5) is 2.60. The summed E-state index contributed by atoms with van der Waals surface area (Å²) in [6.45, 7) is 11.9. The number of hydrogen-bond acceptors (Lipinski definition) is 1. The fourth-order valence-corrected chi connectivity index (χ4v) is 1.80. The number of nitrogens with zero attached hydrogens (tertiary/aromatic N) is 1. The molecule has 1 heterocycles. The SMILES string of the molecule is C[C@H]1CCCN(C(C)(C)C)C1. The minimum absolute atomic E-state index is 0.384. The maximum Gasteiger partial charge on any atom is 0.0125 e. The van der Waals surface area contributed by atoms with E-state index >= 15 is 0 Å². The van der Waals surface area contributed by atoms with Crippen LogP contribution in [0, 0.1) is 5.92 Å². The average molecular weight is 155 g/mol. The highest BCUT2D eigenvalue weighted by Crippen LogP contribution is 2.22. The summed E-state index contributed by atoms with van der Waals surface area (Å²) in [6, 6.07) is 0. The molecule has 1 rings (SSSR count). The third kappa shape index (κ3) is 2.48. The van der Waals surface area contributed by atoms with E-state index in [1.165, 1.54) is 25.9 Å². The van der Waals surface area contributed by atoms with E-state index < -0.39 is 0 Å². The molecule has 0 radical (unpaired) electrons. The van der Waals surface area contributed by atoms with Gasteiger partial charge in [-0.2, -0.15) is 0 Å². The molecule has 0 aromatic heterocycles. The van der Waals surface area contributed by atoms with Crippen LogP contribution in [0.2, 0.25) is 0 Å². The van der Waals surface area contributed by atoms with Gasteiger partial charge in [-0.05, 0) is 46.1 Å². The largest absolute Gasteiger partial charge is 0.298 e. The van der Waals surface area contributed by atoms with Crippen LogP contribution >= 0.6 is 0 Å². The molecule has 0 amide bonds. The fourth-order valence-electron chi connectivity index (χ4n) is 1.80. The predicted molar refractivity (Wildman–Crippen MR) is 49.7 cm³/mol. The molecular weight excluding hydrogens is 134 g/mol. The van der Waals surface area contributed by atoms with Crippen molar-refractivity contribution in [2.45, 2.75) is 46.1 Å². The number of rotatable bonds is 0. The zero-order chi connectivity index (χ0) is 8.48. The van der Waals surface area contributed by atoms with Crippen LogP contribution in [-0.2, 0) is 0 Å². The third-order valence-corrected chi connectivity index (χ3v) is 2.61. The van der Waals surface area contributed by atoms with Crippen LogP contribution in [0.1, 0.15) is 40.5 Å². The van der Waals surface area contributed by atoms with E-state index in [0.29, 0.717) is 5.54 Å². The second kappa shape index (κ2) is 3.14. The minimum Gasteiger partial charge on any atom is -0.298 e. The zero-order valence-electron chi connectivity index (χ0n) is 8.35. The summed E-state index contributed by atoms with van der Waals surface area (Å²) in [6.07, 6.45) is 2.81. The van der Waals surface area contributed by atoms with Crippen LogP contribution in [0.25, 0.3) is 0 Å². The Morgan fingerprint density at radius 3 is 2.27 bits per heavy atom. The number of hydrogen-bond donors (Lipinski definition) is 0.